The summed E-state index contributed by atoms with van der Waals surface area (Å²) in [6, 6.07) is 19.9. The molecule has 0 aliphatic carbocycles. The number of anilines is 2. The number of rotatable bonds is 6. The number of aromatic nitrogens is 2. The first-order valence-electron chi connectivity index (χ1n) is 9.11. The molecule has 7 heteroatoms. The maximum absolute atomic E-state index is 11.1. The number of benzene rings is 2. The van der Waals surface area contributed by atoms with Crippen LogP contribution in [0.5, 0.6) is 0 Å². The van der Waals surface area contributed by atoms with Crippen molar-refractivity contribution < 1.29 is 4.79 Å². The fraction of sp³-hybridized carbons (Fsp3) is 0.0909. The monoisotopic (exact) mass is 401 g/mol. The number of carbonyl (C=O) groups is 1. The summed E-state index contributed by atoms with van der Waals surface area (Å²) in [4.78, 5) is 22.0. The lowest BCUT2D eigenvalue weighted by Crippen LogP contribution is -2.05. The summed E-state index contributed by atoms with van der Waals surface area (Å²) in [5, 5.41) is 8.00. The van der Waals surface area contributed by atoms with E-state index in [-0.39, 0.29) is 5.91 Å². The van der Waals surface area contributed by atoms with Gasteiger partial charge in [-0.05, 0) is 29.3 Å². The number of hydrazone groups is 1. The Bertz CT molecular complexity index is 1150. The van der Waals surface area contributed by atoms with Gasteiger partial charge in [-0.15, -0.1) is 11.3 Å². The number of hydrogen-bond acceptors (Lipinski definition) is 6. The number of amides is 1. The largest absolute Gasteiger partial charge is 0.326 e. The Labute approximate surface area is 172 Å². The number of thiophene rings is 1. The van der Waals surface area contributed by atoms with Crippen molar-refractivity contribution in [3.8, 4) is 0 Å². The Morgan fingerprint density at radius 3 is 2.66 bits per heavy atom. The van der Waals surface area contributed by atoms with E-state index in [2.05, 4.69) is 44.0 Å². The molecular weight excluding hydrogens is 382 g/mol. The standard InChI is InChI=1S/C22H19N5OS/c1-15(28)26-18-9-7-17(8-10-18)13-25-27-21-20-12-19(29-22(20)24-14-23-21)11-16-5-3-2-4-6-16/h2-10,12-14H,11H2,1H3,(H,26,28)(H,23,24,27)/b25-13+. The van der Waals surface area contributed by atoms with Crippen LogP contribution in [0.25, 0.3) is 10.2 Å². The molecule has 2 N–H and O–H groups in total. The Hall–Kier alpha value is -3.58. The first-order valence-corrected chi connectivity index (χ1v) is 9.93. The molecule has 0 bridgehead atoms. The van der Waals surface area contributed by atoms with E-state index in [1.165, 1.54) is 17.4 Å². The topological polar surface area (TPSA) is 79.3 Å². The minimum Gasteiger partial charge on any atom is -0.326 e. The van der Waals surface area contributed by atoms with E-state index in [4.69, 9.17) is 0 Å². The summed E-state index contributed by atoms with van der Waals surface area (Å²) >= 11 is 1.67. The molecule has 4 rings (SSSR count). The van der Waals surface area contributed by atoms with Gasteiger partial charge in [-0.25, -0.2) is 9.97 Å². The van der Waals surface area contributed by atoms with Crippen LogP contribution in [0.15, 0.2) is 72.1 Å². The van der Waals surface area contributed by atoms with Gasteiger partial charge in [0.1, 0.15) is 11.2 Å². The van der Waals surface area contributed by atoms with Gasteiger partial charge in [0, 0.05) is 23.9 Å². The molecule has 0 radical (unpaired) electrons. The summed E-state index contributed by atoms with van der Waals surface area (Å²) in [6.45, 7) is 1.48. The zero-order chi connectivity index (χ0) is 20.1. The van der Waals surface area contributed by atoms with Crippen molar-refractivity contribution in [2.24, 2.45) is 5.10 Å². The molecule has 0 saturated carbocycles. The molecular formula is C22H19N5OS. The number of fused-ring (bicyclic) bond motifs is 1. The maximum atomic E-state index is 11.1. The van der Waals surface area contributed by atoms with E-state index < -0.39 is 0 Å². The number of nitrogens with one attached hydrogen (secondary N) is 2. The van der Waals surface area contributed by atoms with Crippen LogP contribution in [0.4, 0.5) is 11.5 Å². The predicted octanol–water partition coefficient (Wildman–Crippen LogP) is 4.69. The first-order chi connectivity index (χ1) is 14.2. The van der Waals surface area contributed by atoms with Crippen LogP contribution in [0, 0.1) is 0 Å². The van der Waals surface area contributed by atoms with Gasteiger partial charge in [0.25, 0.3) is 0 Å². The van der Waals surface area contributed by atoms with E-state index in [0.29, 0.717) is 5.82 Å². The zero-order valence-corrected chi connectivity index (χ0v) is 16.6. The molecule has 0 spiro atoms. The second kappa shape index (κ2) is 8.62. The quantitative estimate of drug-likeness (QED) is 0.363. The van der Waals surface area contributed by atoms with Crippen molar-refractivity contribution in [2.45, 2.75) is 13.3 Å². The van der Waals surface area contributed by atoms with Crippen molar-refractivity contribution in [1.82, 2.24) is 9.97 Å². The fourth-order valence-corrected chi connectivity index (χ4v) is 3.93. The van der Waals surface area contributed by atoms with Gasteiger partial charge in [-0.3, -0.25) is 10.2 Å². The average Bonchev–Trinajstić information content (AvgIpc) is 3.13. The number of nitrogens with zero attached hydrogens (tertiary/aromatic N) is 3. The Balaban J connectivity index is 1.47. The third kappa shape index (κ3) is 4.83. The highest BCUT2D eigenvalue weighted by molar-refractivity contribution is 7.18. The molecule has 0 fully saturated rings. The Morgan fingerprint density at radius 2 is 1.90 bits per heavy atom. The second-order valence-corrected chi connectivity index (χ2v) is 7.60. The molecule has 0 aliphatic heterocycles. The van der Waals surface area contributed by atoms with Gasteiger partial charge in [0.15, 0.2) is 5.82 Å². The number of carbonyl (C=O) groups excluding carboxylic acids is 1. The summed E-state index contributed by atoms with van der Waals surface area (Å²) in [5.74, 6) is 0.583. The predicted molar refractivity (Wildman–Crippen MR) is 119 cm³/mol. The van der Waals surface area contributed by atoms with E-state index >= 15 is 0 Å². The highest BCUT2D eigenvalue weighted by Gasteiger charge is 2.09. The molecule has 0 aliphatic rings. The van der Waals surface area contributed by atoms with Crippen LogP contribution < -0.4 is 10.7 Å². The summed E-state index contributed by atoms with van der Waals surface area (Å²) in [7, 11) is 0. The van der Waals surface area contributed by atoms with Crippen LogP contribution in [0.1, 0.15) is 22.9 Å². The third-order valence-corrected chi connectivity index (χ3v) is 5.26. The maximum Gasteiger partial charge on any atom is 0.221 e. The molecule has 144 valence electrons. The van der Waals surface area contributed by atoms with Crippen LogP contribution in [-0.4, -0.2) is 22.1 Å². The van der Waals surface area contributed by atoms with Crippen molar-refractivity contribution >= 4 is 45.2 Å². The minimum absolute atomic E-state index is 0.0942. The Kier molecular flexibility index (Phi) is 5.58. The van der Waals surface area contributed by atoms with E-state index in [1.54, 1.807) is 23.9 Å². The molecule has 2 aromatic heterocycles. The lowest BCUT2D eigenvalue weighted by Gasteiger charge is -2.02. The van der Waals surface area contributed by atoms with Crippen LogP contribution >= 0.6 is 11.3 Å². The molecule has 0 saturated heterocycles. The molecule has 0 unspecified atom stereocenters. The summed E-state index contributed by atoms with van der Waals surface area (Å²) in [6.07, 6.45) is 4.12. The molecule has 6 nitrogen and oxygen atoms in total. The van der Waals surface area contributed by atoms with E-state index in [0.717, 1.165) is 27.9 Å². The lowest BCUT2D eigenvalue weighted by molar-refractivity contribution is -0.114. The average molecular weight is 401 g/mol. The van der Waals surface area contributed by atoms with Crippen molar-refractivity contribution in [3.05, 3.63) is 83.0 Å². The Morgan fingerprint density at radius 1 is 1.10 bits per heavy atom. The SMILES string of the molecule is CC(=O)Nc1ccc(/C=N/Nc2ncnc3sc(Cc4ccccc4)cc23)cc1. The first kappa shape index (κ1) is 18.8. The van der Waals surface area contributed by atoms with Crippen LogP contribution in [0.3, 0.4) is 0 Å². The molecule has 0 atom stereocenters. The van der Waals surface area contributed by atoms with Gasteiger partial charge < -0.3 is 5.32 Å². The van der Waals surface area contributed by atoms with Gasteiger partial charge in [-0.2, -0.15) is 5.10 Å². The van der Waals surface area contributed by atoms with Gasteiger partial charge >= 0.3 is 0 Å². The molecule has 29 heavy (non-hydrogen) atoms. The summed E-state index contributed by atoms with van der Waals surface area (Å²) in [5.41, 5.74) is 5.94. The third-order valence-electron chi connectivity index (χ3n) is 4.22. The normalized spacial score (nSPS) is 11.1. The molecule has 2 aromatic carbocycles. The van der Waals surface area contributed by atoms with Crippen molar-refractivity contribution in [2.75, 3.05) is 10.7 Å². The fourth-order valence-electron chi connectivity index (χ4n) is 2.90. The van der Waals surface area contributed by atoms with Crippen LogP contribution in [-0.2, 0) is 11.2 Å². The number of hydrogen-bond donors (Lipinski definition) is 2. The minimum atomic E-state index is -0.0942. The molecule has 1 amide bonds. The van der Waals surface area contributed by atoms with E-state index in [1.807, 2.05) is 42.5 Å². The lowest BCUT2D eigenvalue weighted by atomic mass is 10.1. The summed E-state index contributed by atoms with van der Waals surface area (Å²) < 4.78 is 0. The van der Waals surface area contributed by atoms with Gasteiger partial charge in [-0.1, -0.05) is 42.5 Å². The van der Waals surface area contributed by atoms with Crippen LogP contribution in [0.2, 0.25) is 0 Å². The van der Waals surface area contributed by atoms with Gasteiger partial charge in [0.2, 0.25) is 5.91 Å². The van der Waals surface area contributed by atoms with Gasteiger partial charge in [0.05, 0.1) is 11.6 Å². The smallest absolute Gasteiger partial charge is 0.221 e. The molecule has 2 heterocycles. The zero-order valence-electron chi connectivity index (χ0n) is 15.8. The second-order valence-electron chi connectivity index (χ2n) is 6.49. The van der Waals surface area contributed by atoms with E-state index in [9.17, 15) is 4.79 Å². The van der Waals surface area contributed by atoms with Crippen molar-refractivity contribution in [3.63, 3.8) is 0 Å². The highest BCUT2D eigenvalue weighted by atomic mass is 32.1. The highest BCUT2D eigenvalue weighted by Crippen LogP contribution is 2.29. The molecule has 4 aromatic rings. The van der Waals surface area contributed by atoms with Crippen molar-refractivity contribution in [1.29, 1.82) is 0 Å².